The fourth-order valence-corrected chi connectivity index (χ4v) is 12.0. The summed E-state index contributed by atoms with van der Waals surface area (Å²) in [6.07, 6.45) is 10.6. The summed E-state index contributed by atoms with van der Waals surface area (Å²) in [4.78, 5) is 0. The van der Waals surface area contributed by atoms with Gasteiger partial charge < -0.3 is 20.1 Å². The number of hydrogen-bond acceptors (Lipinski definition) is 4. The van der Waals surface area contributed by atoms with Crippen LogP contribution in [0.25, 0.3) is 0 Å². The minimum atomic E-state index is -0.407. The van der Waals surface area contributed by atoms with Crippen molar-refractivity contribution in [2.45, 2.75) is 105 Å². The van der Waals surface area contributed by atoms with Crippen molar-refractivity contribution in [3.8, 4) is 0 Å². The molecule has 0 aromatic rings. The molecule has 4 nitrogen and oxygen atoms in total. The molecule has 3 unspecified atom stereocenters. The van der Waals surface area contributed by atoms with Crippen molar-refractivity contribution in [1.29, 1.82) is 0 Å². The lowest BCUT2D eigenvalue weighted by atomic mass is 9.32. The van der Waals surface area contributed by atoms with Crippen LogP contribution in [0.1, 0.15) is 98.8 Å². The molecule has 4 heteroatoms. The molecule has 5 aliphatic rings. The van der Waals surface area contributed by atoms with Crippen molar-refractivity contribution >= 4 is 0 Å². The van der Waals surface area contributed by atoms with Crippen LogP contribution in [-0.4, -0.2) is 41.2 Å². The summed E-state index contributed by atoms with van der Waals surface area (Å²) in [6.45, 7) is 21.6. The Hall–Kier alpha value is -0.840. The topological polar surface area (TPSA) is 69.9 Å². The number of allylic oxidation sites excluding steroid dienone is 1. The Morgan fingerprint density at radius 2 is 1.57 bits per heavy atom. The second-order valence-corrected chi connectivity index (χ2v) is 14.9. The molecule has 0 amide bonds. The van der Waals surface area contributed by atoms with Crippen molar-refractivity contribution < 1.29 is 20.1 Å². The van der Waals surface area contributed by atoms with E-state index in [1.807, 2.05) is 0 Å². The highest BCUT2D eigenvalue weighted by molar-refractivity contribution is 5.26. The van der Waals surface area contributed by atoms with Crippen LogP contribution in [0.5, 0.6) is 0 Å². The minimum absolute atomic E-state index is 0.00231. The second-order valence-electron chi connectivity index (χ2n) is 14.9. The lowest BCUT2D eigenvalue weighted by Gasteiger charge is -2.73. The average Bonchev–Trinajstić information content (AvgIpc) is 3.27. The minimum Gasteiger partial charge on any atom is -0.498 e. The summed E-state index contributed by atoms with van der Waals surface area (Å²) in [7, 11) is 0. The average molecular weight is 515 g/mol. The Kier molecular flexibility index (Phi) is 6.81. The number of rotatable bonds is 6. The molecule has 3 N–H and O–H groups in total. The number of aliphatic hydroxyl groups excluding tert-OH is 3. The lowest BCUT2D eigenvalue weighted by Crippen LogP contribution is -2.67. The first-order valence-corrected chi connectivity index (χ1v) is 15.3. The molecule has 0 heterocycles. The maximum absolute atomic E-state index is 11.0. The van der Waals surface area contributed by atoms with Gasteiger partial charge in [-0.3, -0.25) is 0 Å². The molecule has 5 saturated carbocycles. The van der Waals surface area contributed by atoms with Crippen molar-refractivity contribution in [2.75, 3.05) is 19.8 Å². The van der Waals surface area contributed by atoms with E-state index in [-0.39, 0.29) is 34.9 Å². The van der Waals surface area contributed by atoms with Crippen LogP contribution in [0.4, 0.5) is 0 Å². The van der Waals surface area contributed by atoms with Crippen molar-refractivity contribution in [3.63, 3.8) is 0 Å². The first-order chi connectivity index (χ1) is 17.4. The van der Waals surface area contributed by atoms with Gasteiger partial charge in [-0.05, 0) is 123 Å². The molecule has 0 aromatic heterocycles. The largest absolute Gasteiger partial charge is 0.498 e. The predicted octanol–water partition coefficient (Wildman–Crippen LogP) is 6.50. The summed E-state index contributed by atoms with van der Waals surface area (Å²) in [5.74, 6) is 3.28. The third-order valence-electron chi connectivity index (χ3n) is 14.2. The highest BCUT2D eigenvalue weighted by Crippen LogP contribution is 2.78. The molecule has 0 radical (unpaired) electrons. The quantitative estimate of drug-likeness (QED) is 0.279. The van der Waals surface area contributed by atoms with Crippen LogP contribution >= 0.6 is 0 Å². The normalized spacial score (nSPS) is 52.9. The van der Waals surface area contributed by atoms with Gasteiger partial charge in [0.25, 0.3) is 0 Å². The van der Waals surface area contributed by atoms with Gasteiger partial charge in [-0.25, -0.2) is 0 Å². The molecule has 5 rings (SSSR count). The number of fused-ring (bicyclic) bond motifs is 7. The third-order valence-corrected chi connectivity index (χ3v) is 14.2. The van der Waals surface area contributed by atoms with Gasteiger partial charge in [0.05, 0.1) is 31.7 Å². The number of ether oxygens (including phenoxy) is 1. The summed E-state index contributed by atoms with van der Waals surface area (Å²) in [5, 5.41) is 31.7. The van der Waals surface area contributed by atoms with E-state index in [0.29, 0.717) is 36.2 Å². The molecule has 0 aliphatic heterocycles. The van der Waals surface area contributed by atoms with Gasteiger partial charge in [0.1, 0.15) is 0 Å². The standard InChI is InChI=1S/C33H54O4/c1-8-37-22(3)33-16-11-23(21(2)19-34)28(33)24-9-10-26-29(4)14-13-27(36)30(5,20-35)25(29)12-15-32(26,7)31(24,6)17-18-33/h23-28,34-36H,2-3,8-20H2,1,4-7H3/t23-,24?,25+,26?,27-,28?,29-,30-,31+,32+,33+/m0/s1. The molecule has 11 atom stereocenters. The zero-order valence-corrected chi connectivity index (χ0v) is 24.3. The van der Waals surface area contributed by atoms with Crippen molar-refractivity contribution in [2.24, 2.45) is 56.7 Å². The fraction of sp³-hybridized carbons (Fsp3) is 0.879. The highest BCUT2D eigenvalue weighted by Gasteiger charge is 2.71. The molecular formula is C33H54O4. The van der Waals surface area contributed by atoms with E-state index >= 15 is 0 Å². The van der Waals surface area contributed by atoms with Crippen LogP contribution in [0.2, 0.25) is 0 Å². The summed E-state index contributed by atoms with van der Waals surface area (Å²) >= 11 is 0. The van der Waals surface area contributed by atoms with E-state index in [0.717, 1.165) is 49.9 Å². The van der Waals surface area contributed by atoms with E-state index in [2.05, 4.69) is 47.8 Å². The molecule has 210 valence electrons. The second kappa shape index (κ2) is 9.10. The summed E-state index contributed by atoms with van der Waals surface area (Å²) < 4.78 is 6.19. The Bertz CT molecular complexity index is 929. The number of hydrogen-bond donors (Lipinski definition) is 3. The van der Waals surface area contributed by atoms with Gasteiger partial charge in [0.2, 0.25) is 0 Å². The van der Waals surface area contributed by atoms with Gasteiger partial charge in [0, 0.05) is 10.8 Å². The van der Waals surface area contributed by atoms with Crippen LogP contribution in [0, 0.1) is 56.7 Å². The molecular weight excluding hydrogens is 460 g/mol. The Labute approximate surface area is 226 Å². The lowest BCUT2D eigenvalue weighted by molar-refractivity contribution is -0.253. The maximum atomic E-state index is 11.0. The Morgan fingerprint density at radius 3 is 2.22 bits per heavy atom. The van der Waals surface area contributed by atoms with E-state index in [1.165, 1.54) is 25.7 Å². The predicted molar refractivity (Wildman–Crippen MR) is 149 cm³/mol. The monoisotopic (exact) mass is 514 g/mol. The highest BCUT2D eigenvalue weighted by atomic mass is 16.5. The van der Waals surface area contributed by atoms with Crippen LogP contribution in [0.3, 0.4) is 0 Å². The van der Waals surface area contributed by atoms with Crippen LogP contribution in [0.15, 0.2) is 24.5 Å². The molecule has 5 aliphatic carbocycles. The molecule has 0 saturated heterocycles. The van der Waals surface area contributed by atoms with Gasteiger partial charge >= 0.3 is 0 Å². The molecule has 5 fully saturated rings. The van der Waals surface area contributed by atoms with Crippen LogP contribution in [-0.2, 0) is 4.74 Å². The summed E-state index contributed by atoms with van der Waals surface area (Å²) in [6, 6.07) is 0. The third kappa shape index (κ3) is 3.43. The zero-order valence-electron chi connectivity index (χ0n) is 24.3. The van der Waals surface area contributed by atoms with E-state index in [9.17, 15) is 15.3 Å². The van der Waals surface area contributed by atoms with E-state index in [1.54, 1.807) is 0 Å². The van der Waals surface area contributed by atoms with E-state index in [4.69, 9.17) is 4.74 Å². The first kappa shape index (κ1) is 27.7. The number of aliphatic hydroxyl groups is 3. The van der Waals surface area contributed by atoms with Crippen molar-refractivity contribution in [3.05, 3.63) is 24.5 Å². The van der Waals surface area contributed by atoms with Gasteiger partial charge in [-0.1, -0.05) is 40.9 Å². The maximum Gasteiger partial charge on any atom is 0.0952 e. The zero-order chi connectivity index (χ0) is 27.0. The summed E-state index contributed by atoms with van der Waals surface area (Å²) in [5.41, 5.74) is 1.16. The Morgan fingerprint density at radius 1 is 0.838 bits per heavy atom. The molecule has 0 bridgehead atoms. The van der Waals surface area contributed by atoms with Gasteiger partial charge in [-0.15, -0.1) is 0 Å². The Balaban J connectivity index is 1.55. The van der Waals surface area contributed by atoms with Crippen molar-refractivity contribution in [1.82, 2.24) is 0 Å². The fourth-order valence-electron chi connectivity index (χ4n) is 12.0. The van der Waals surface area contributed by atoms with Gasteiger partial charge in [0.15, 0.2) is 0 Å². The molecule has 0 spiro atoms. The smallest absolute Gasteiger partial charge is 0.0952 e. The van der Waals surface area contributed by atoms with Crippen LogP contribution < -0.4 is 0 Å². The molecule has 0 aromatic carbocycles. The SMILES string of the molecule is C=C(CO)[C@@H]1CC[C@]2(C(=C)OCC)CC[C@]3(C)C(CCC4[C@@]5(C)CC[C@H](O)[C@@](C)(CO)[C@@H]5CC[C@]43C)C12. The molecule has 37 heavy (non-hydrogen) atoms. The van der Waals surface area contributed by atoms with Gasteiger partial charge in [-0.2, -0.15) is 0 Å². The first-order valence-electron chi connectivity index (χ1n) is 15.3. The van der Waals surface area contributed by atoms with E-state index < -0.39 is 11.5 Å².